The number of benzene rings is 1. The topological polar surface area (TPSA) is 69.6 Å². The molecule has 0 saturated carbocycles. The smallest absolute Gasteiger partial charge is 0.323 e. The van der Waals surface area contributed by atoms with Crippen LogP contribution in [0.2, 0.25) is 0 Å². The summed E-state index contributed by atoms with van der Waals surface area (Å²) in [6.45, 7) is 2.48. The van der Waals surface area contributed by atoms with Crippen LogP contribution in [0.3, 0.4) is 0 Å². The van der Waals surface area contributed by atoms with Gasteiger partial charge in [-0.05, 0) is 12.0 Å². The normalized spacial score (nSPS) is 9.83. The molecule has 2 N–H and O–H groups in total. The van der Waals surface area contributed by atoms with E-state index in [1.54, 1.807) is 0 Å². The number of amides is 2. The molecular weight excluding hydrogens is 232 g/mol. The number of nitrogens with one attached hydrogen (secondary N) is 1. The number of aliphatic carboxylic acids is 1. The minimum atomic E-state index is -1.02. The number of carboxylic acid groups (broad SMARTS) is 1. The van der Waals surface area contributed by atoms with E-state index in [0.29, 0.717) is 13.1 Å². The molecule has 98 valence electrons. The van der Waals surface area contributed by atoms with Gasteiger partial charge in [0, 0.05) is 13.1 Å². The molecule has 0 spiro atoms. The Hall–Kier alpha value is -2.04. The number of carbonyl (C=O) groups excluding carboxylic acids is 1. The van der Waals surface area contributed by atoms with Crippen molar-refractivity contribution in [3.05, 3.63) is 35.9 Å². The standard InChI is InChI=1S/C13H18N2O3/c1-2-8-14-13(18)15(10-12(16)17)9-11-6-4-3-5-7-11/h3-7H,2,8-10H2,1H3,(H,14,18)(H,16,17). The Morgan fingerprint density at radius 2 is 1.94 bits per heavy atom. The SMILES string of the molecule is CCCNC(=O)N(CC(=O)O)Cc1ccccc1. The molecule has 0 heterocycles. The second-order valence-corrected chi connectivity index (χ2v) is 3.97. The van der Waals surface area contributed by atoms with Gasteiger partial charge in [0.25, 0.3) is 0 Å². The van der Waals surface area contributed by atoms with E-state index in [0.717, 1.165) is 12.0 Å². The molecule has 1 aromatic carbocycles. The Balaban J connectivity index is 2.66. The van der Waals surface area contributed by atoms with Crippen molar-refractivity contribution < 1.29 is 14.7 Å². The third kappa shape index (κ3) is 4.86. The monoisotopic (exact) mass is 250 g/mol. The van der Waals surface area contributed by atoms with Gasteiger partial charge in [-0.25, -0.2) is 4.79 Å². The molecule has 1 aromatic rings. The summed E-state index contributed by atoms with van der Waals surface area (Å²) in [5.74, 6) is -1.02. The third-order valence-corrected chi connectivity index (χ3v) is 2.36. The Morgan fingerprint density at radius 1 is 1.28 bits per heavy atom. The van der Waals surface area contributed by atoms with Gasteiger partial charge in [-0.2, -0.15) is 0 Å². The average Bonchev–Trinajstić information content (AvgIpc) is 2.36. The molecule has 1 rings (SSSR count). The van der Waals surface area contributed by atoms with Crippen molar-refractivity contribution in [1.82, 2.24) is 10.2 Å². The zero-order valence-electron chi connectivity index (χ0n) is 10.4. The second kappa shape index (κ2) is 7.32. The van der Waals surface area contributed by atoms with Crippen LogP contribution < -0.4 is 5.32 Å². The second-order valence-electron chi connectivity index (χ2n) is 3.97. The van der Waals surface area contributed by atoms with Crippen molar-refractivity contribution in [3.63, 3.8) is 0 Å². The van der Waals surface area contributed by atoms with Crippen LogP contribution in [0.4, 0.5) is 4.79 Å². The molecule has 0 aliphatic heterocycles. The van der Waals surface area contributed by atoms with Crippen molar-refractivity contribution in [2.24, 2.45) is 0 Å². The lowest BCUT2D eigenvalue weighted by Crippen LogP contribution is -2.42. The van der Waals surface area contributed by atoms with Crippen LogP contribution in [0.1, 0.15) is 18.9 Å². The van der Waals surface area contributed by atoms with Crippen LogP contribution >= 0.6 is 0 Å². The summed E-state index contributed by atoms with van der Waals surface area (Å²) < 4.78 is 0. The maximum atomic E-state index is 11.8. The quantitative estimate of drug-likeness (QED) is 0.807. The third-order valence-electron chi connectivity index (χ3n) is 2.36. The maximum Gasteiger partial charge on any atom is 0.323 e. The molecule has 5 nitrogen and oxygen atoms in total. The van der Waals surface area contributed by atoms with Gasteiger partial charge in [0.05, 0.1) is 0 Å². The molecule has 0 fully saturated rings. The van der Waals surface area contributed by atoms with Crippen molar-refractivity contribution in [2.45, 2.75) is 19.9 Å². The highest BCUT2D eigenvalue weighted by Gasteiger charge is 2.16. The fraction of sp³-hybridized carbons (Fsp3) is 0.385. The molecular formula is C13H18N2O3. The first kappa shape index (κ1) is 14.0. The van der Waals surface area contributed by atoms with E-state index in [9.17, 15) is 9.59 Å². The van der Waals surface area contributed by atoms with E-state index >= 15 is 0 Å². The van der Waals surface area contributed by atoms with Gasteiger partial charge >= 0.3 is 12.0 Å². The van der Waals surface area contributed by atoms with Crippen LogP contribution in [-0.4, -0.2) is 35.1 Å². The first-order valence-corrected chi connectivity index (χ1v) is 5.92. The zero-order chi connectivity index (χ0) is 13.4. The average molecular weight is 250 g/mol. The lowest BCUT2D eigenvalue weighted by Gasteiger charge is -2.21. The molecule has 0 atom stereocenters. The molecule has 0 saturated heterocycles. The summed E-state index contributed by atoms with van der Waals surface area (Å²) in [6.07, 6.45) is 0.817. The van der Waals surface area contributed by atoms with E-state index in [1.807, 2.05) is 37.3 Å². The molecule has 0 aliphatic rings. The summed E-state index contributed by atoms with van der Waals surface area (Å²) in [5.41, 5.74) is 0.908. The van der Waals surface area contributed by atoms with Crippen LogP contribution in [-0.2, 0) is 11.3 Å². The van der Waals surface area contributed by atoms with Gasteiger partial charge in [-0.15, -0.1) is 0 Å². The Morgan fingerprint density at radius 3 is 2.50 bits per heavy atom. The molecule has 0 aromatic heterocycles. The Labute approximate surface area is 106 Å². The molecule has 0 bridgehead atoms. The summed E-state index contributed by atoms with van der Waals surface area (Å²) in [7, 11) is 0. The van der Waals surface area contributed by atoms with Gasteiger partial charge in [0.1, 0.15) is 6.54 Å². The van der Waals surface area contributed by atoms with E-state index in [-0.39, 0.29) is 12.6 Å². The van der Waals surface area contributed by atoms with Gasteiger partial charge < -0.3 is 15.3 Å². The van der Waals surface area contributed by atoms with Crippen LogP contribution in [0.15, 0.2) is 30.3 Å². The number of carbonyl (C=O) groups is 2. The van der Waals surface area contributed by atoms with Crippen molar-refractivity contribution in [3.8, 4) is 0 Å². The predicted octanol–water partition coefficient (Wildman–Crippen LogP) is 1.69. The summed E-state index contributed by atoms with van der Waals surface area (Å²) in [5, 5.41) is 11.5. The summed E-state index contributed by atoms with van der Waals surface area (Å²) in [6, 6.07) is 8.98. The highest BCUT2D eigenvalue weighted by atomic mass is 16.4. The highest BCUT2D eigenvalue weighted by Crippen LogP contribution is 2.04. The minimum absolute atomic E-state index is 0.294. The first-order valence-electron chi connectivity index (χ1n) is 5.92. The van der Waals surface area contributed by atoms with Gasteiger partial charge in [-0.1, -0.05) is 37.3 Å². The fourth-order valence-corrected chi connectivity index (χ4v) is 1.51. The summed E-state index contributed by atoms with van der Waals surface area (Å²) in [4.78, 5) is 23.8. The van der Waals surface area contributed by atoms with Gasteiger partial charge in [-0.3, -0.25) is 4.79 Å². The molecule has 2 amide bonds. The lowest BCUT2D eigenvalue weighted by atomic mass is 10.2. The van der Waals surface area contributed by atoms with Gasteiger partial charge in [0.15, 0.2) is 0 Å². The Kier molecular flexibility index (Phi) is 5.70. The number of rotatable bonds is 6. The number of urea groups is 1. The fourth-order valence-electron chi connectivity index (χ4n) is 1.51. The van der Waals surface area contributed by atoms with E-state index in [2.05, 4.69) is 5.32 Å². The molecule has 5 heteroatoms. The largest absolute Gasteiger partial charge is 0.480 e. The molecule has 0 aliphatic carbocycles. The number of carboxylic acids is 1. The van der Waals surface area contributed by atoms with Crippen molar-refractivity contribution in [2.75, 3.05) is 13.1 Å². The van der Waals surface area contributed by atoms with Crippen LogP contribution in [0, 0.1) is 0 Å². The first-order chi connectivity index (χ1) is 8.63. The van der Waals surface area contributed by atoms with Crippen LogP contribution in [0.25, 0.3) is 0 Å². The maximum absolute atomic E-state index is 11.8. The van der Waals surface area contributed by atoms with Crippen molar-refractivity contribution in [1.29, 1.82) is 0 Å². The molecule has 0 radical (unpaired) electrons. The predicted molar refractivity (Wildman–Crippen MR) is 68.2 cm³/mol. The number of hydrogen-bond donors (Lipinski definition) is 2. The van der Waals surface area contributed by atoms with Crippen molar-refractivity contribution >= 4 is 12.0 Å². The highest BCUT2D eigenvalue weighted by molar-refractivity contribution is 5.80. The number of hydrogen-bond acceptors (Lipinski definition) is 2. The Bertz CT molecular complexity index is 392. The lowest BCUT2D eigenvalue weighted by molar-refractivity contribution is -0.137. The summed E-state index contributed by atoms with van der Waals surface area (Å²) >= 11 is 0. The molecule has 0 unspecified atom stereocenters. The number of nitrogens with zero attached hydrogens (tertiary/aromatic N) is 1. The minimum Gasteiger partial charge on any atom is -0.480 e. The van der Waals surface area contributed by atoms with E-state index in [4.69, 9.17) is 5.11 Å². The molecule has 18 heavy (non-hydrogen) atoms. The van der Waals surface area contributed by atoms with E-state index < -0.39 is 5.97 Å². The van der Waals surface area contributed by atoms with Gasteiger partial charge in [0.2, 0.25) is 0 Å². The zero-order valence-corrected chi connectivity index (χ0v) is 10.4. The van der Waals surface area contributed by atoms with Crippen LogP contribution in [0.5, 0.6) is 0 Å². The van der Waals surface area contributed by atoms with E-state index in [1.165, 1.54) is 4.90 Å².